The molecule has 20 heavy (non-hydrogen) atoms. The molecule has 1 rings (SSSR count). The van der Waals surface area contributed by atoms with E-state index in [2.05, 4.69) is 37.4 Å². The summed E-state index contributed by atoms with van der Waals surface area (Å²) < 4.78 is 23.2. The third-order valence-corrected chi connectivity index (χ3v) is 5.51. The summed E-state index contributed by atoms with van der Waals surface area (Å²) in [6, 6.07) is 8.39. The number of benzene rings is 1. The van der Waals surface area contributed by atoms with Gasteiger partial charge in [0.1, 0.15) is 9.84 Å². The molecule has 4 heteroatoms. The van der Waals surface area contributed by atoms with E-state index in [0.717, 1.165) is 25.9 Å². The number of likely N-dealkylation sites (N-methyl/N-ethyl adjacent to an activating group) is 1. The summed E-state index contributed by atoms with van der Waals surface area (Å²) in [5.74, 6) is 0.941. The van der Waals surface area contributed by atoms with Crippen LogP contribution in [0.2, 0.25) is 0 Å². The molecule has 0 aliphatic heterocycles. The van der Waals surface area contributed by atoms with Gasteiger partial charge in [-0.1, -0.05) is 38.1 Å². The van der Waals surface area contributed by atoms with Crippen LogP contribution in [0.5, 0.6) is 0 Å². The first-order valence-electron chi connectivity index (χ1n) is 7.46. The van der Waals surface area contributed by atoms with Crippen molar-refractivity contribution in [1.82, 2.24) is 5.32 Å². The minimum Gasteiger partial charge on any atom is -0.316 e. The van der Waals surface area contributed by atoms with Crippen molar-refractivity contribution in [2.45, 2.75) is 39.5 Å². The van der Waals surface area contributed by atoms with Gasteiger partial charge in [-0.2, -0.15) is 0 Å². The van der Waals surface area contributed by atoms with Crippen LogP contribution >= 0.6 is 0 Å². The Kier molecular flexibility index (Phi) is 7.24. The van der Waals surface area contributed by atoms with E-state index in [1.807, 2.05) is 6.07 Å². The van der Waals surface area contributed by atoms with Crippen molar-refractivity contribution in [2.75, 3.05) is 24.6 Å². The van der Waals surface area contributed by atoms with E-state index in [0.29, 0.717) is 11.7 Å². The molecule has 0 heterocycles. The fourth-order valence-corrected chi connectivity index (χ4v) is 3.32. The van der Waals surface area contributed by atoms with Gasteiger partial charge in [-0.25, -0.2) is 8.42 Å². The Bertz CT molecular complexity index is 497. The molecule has 114 valence electrons. The van der Waals surface area contributed by atoms with Crippen molar-refractivity contribution in [3.63, 3.8) is 0 Å². The molecular weight excluding hydrogens is 270 g/mol. The van der Waals surface area contributed by atoms with Crippen molar-refractivity contribution >= 4 is 9.84 Å². The van der Waals surface area contributed by atoms with Crippen LogP contribution in [-0.2, 0) is 9.84 Å². The molecule has 1 N–H and O–H groups in total. The number of rotatable bonds is 9. The zero-order valence-corrected chi connectivity index (χ0v) is 13.7. The van der Waals surface area contributed by atoms with Gasteiger partial charge in [-0.3, -0.25) is 0 Å². The maximum atomic E-state index is 11.6. The van der Waals surface area contributed by atoms with Gasteiger partial charge >= 0.3 is 0 Å². The topological polar surface area (TPSA) is 46.2 Å². The Morgan fingerprint density at radius 2 is 1.90 bits per heavy atom. The maximum Gasteiger partial charge on any atom is 0.150 e. The van der Waals surface area contributed by atoms with E-state index in [1.165, 1.54) is 11.1 Å². The van der Waals surface area contributed by atoms with Gasteiger partial charge in [-0.15, -0.1) is 0 Å². The smallest absolute Gasteiger partial charge is 0.150 e. The van der Waals surface area contributed by atoms with Gasteiger partial charge in [-0.05, 0) is 43.4 Å². The van der Waals surface area contributed by atoms with Crippen LogP contribution in [0.15, 0.2) is 24.3 Å². The molecule has 3 nitrogen and oxygen atoms in total. The lowest BCUT2D eigenvalue weighted by atomic mass is 9.91. The van der Waals surface area contributed by atoms with Crippen molar-refractivity contribution < 1.29 is 8.42 Å². The summed E-state index contributed by atoms with van der Waals surface area (Å²) in [5, 5.41) is 3.39. The highest BCUT2D eigenvalue weighted by Gasteiger charge is 2.15. The van der Waals surface area contributed by atoms with E-state index < -0.39 is 9.84 Å². The molecule has 1 aromatic carbocycles. The molecule has 1 unspecified atom stereocenters. The first kappa shape index (κ1) is 17.2. The van der Waals surface area contributed by atoms with Gasteiger partial charge in [0.15, 0.2) is 0 Å². The lowest BCUT2D eigenvalue weighted by Crippen LogP contribution is -2.22. The fraction of sp³-hybridized carbons (Fsp3) is 0.625. The van der Waals surface area contributed by atoms with Crippen molar-refractivity contribution in [3.05, 3.63) is 35.4 Å². The monoisotopic (exact) mass is 297 g/mol. The first-order chi connectivity index (χ1) is 9.50. The van der Waals surface area contributed by atoms with Crippen molar-refractivity contribution in [2.24, 2.45) is 0 Å². The first-order valence-corrected chi connectivity index (χ1v) is 9.29. The van der Waals surface area contributed by atoms with E-state index >= 15 is 0 Å². The molecule has 0 fully saturated rings. The molecule has 0 saturated heterocycles. The van der Waals surface area contributed by atoms with Crippen LogP contribution in [0.3, 0.4) is 0 Å². The Morgan fingerprint density at radius 1 is 1.20 bits per heavy atom. The summed E-state index contributed by atoms with van der Waals surface area (Å²) in [6.45, 7) is 7.78. The van der Waals surface area contributed by atoms with E-state index in [-0.39, 0.29) is 5.75 Å². The molecule has 0 spiro atoms. The minimum atomic E-state index is -2.85. The second kappa shape index (κ2) is 8.42. The van der Waals surface area contributed by atoms with Gasteiger partial charge in [0.05, 0.1) is 5.75 Å². The summed E-state index contributed by atoms with van der Waals surface area (Å²) in [6.07, 6.45) is 1.65. The summed E-state index contributed by atoms with van der Waals surface area (Å²) in [5.41, 5.74) is 2.62. The molecule has 0 radical (unpaired) electrons. The Hall–Kier alpha value is -0.870. The predicted octanol–water partition coefficient (Wildman–Crippen LogP) is 2.90. The molecule has 0 aromatic heterocycles. The highest BCUT2D eigenvalue weighted by molar-refractivity contribution is 7.91. The van der Waals surface area contributed by atoms with E-state index in [4.69, 9.17) is 0 Å². The lowest BCUT2D eigenvalue weighted by Gasteiger charge is -2.19. The second-order valence-corrected chi connectivity index (χ2v) is 7.71. The minimum absolute atomic E-state index is 0.245. The molecule has 0 bridgehead atoms. The second-order valence-electron chi connectivity index (χ2n) is 5.24. The lowest BCUT2D eigenvalue weighted by molar-refractivity contribution is 0.546. The molecule has 0 amide bonds. The number of nitrogens with one attached hydrogen (secondary N) is 1. The molecular formula is C16H27NO2S. The van der Waals surface area contributed by atoms with Gasteiger partial charge in [0.2, 0.25) is 0 Å². The van der Waals surface area contributed by atoms with Crippen LogP contribution in [-0.4, -0.2) is 33.0 Å². The van der Waals surface area contributed by atoms with Crippen LogP contribution in [0.25, 0.3) is 0 Å². The fourth-order valence-electron chi connectivity index (χ4n) is 2.42. The zero-order chi connectivity index (χ0) is 15.0. The zero-order valence-electron chi connectivity index (χ0n) is 12.9. The largest absolute Gasteiger partial charge is 0.316 e. The average Bonchev–Trinajstić information content (AvgIpc) is 2.43. The summed E-state index contributed by atoms with van der Waals surface area (Å²) in [4.78, 5) is 0. The highest BCUT2D eigenvalue weighted by atomic mass is 32.2. The highest BCUT2D eigenvalue weighted by Crippen LogP contribution is 2.24. The third-order valence-electron chi connectivity index (χ3n) is 3.72. The number of sulfone groups is 1. The Labute approximate surface area is 123 Å². The normalized spacial score (nSPS) is 13.3. The molecule has 1 atom stereocenters. The maximum absolute atomic E-state index is 11.6. The number of hydrogen-bond acceptors (Lipinski definition) is 3. The Balaban J connectivity index is 2.68. The van der Waals surface area contributed by atoms with Crippen LogP contribution in [0, 0.1) is 6.92 Å². The standard InChI is InChI=1S/C16H27NO2S/c1-4-17-13-15(10-8-12-20(18,19)5-2)16-11-7-6-9-14(16)3/h6-7,9,11,15,17H,4-5,8,10,12-13H2,1-3H3. The van der Waals surface area contributed by atoms with Gasteiger partial charge < -0.3 is 5.32 Å². The number of aryl methyl sites for hydroxylation is 1. The Morgan fingerprint density at radius 3 is 2.50 bits per heavy atom. The average molecular weight is 297 g/mol. The molecule has 1 aromatic rings. The SMILES string of the molecule is CCNCC(CCCS(=O)(=O)CC)c1ccccc1C. The van der Waals surface area contributed by atoms with Crippen LogP contribution in [0.4, 0.5) is 0 Å². The van der Waals surface area contributed by atoms with Crippen molar-refractivity contribution in [3.8, 4) is 0 Å². The van der Waals surface area contributed by atoms with Crippen molar-refractivity contribution in [1.29, 1.82) is 0 Å². The van der Waals surface area contributed by atoms with Crippen LogP contribution < -0.4 is 5.32 Å². The third kappa shape index (κ3) is 5.63. The van der Waals surface area contributed by atoms with Crippen LogP contribution in [0.1, 0.15) is 43.7 Å². The molecule has 0 aliphatic rings. The molecule has 0 saturated carbocycles. The van der Waals surface area contributed by atoms with E-state index in [9.17, 15) is 8.42 Å². The quantitative estimate of drug-likeness (QED) is 0.762. The summed E-state index contributed by atoms with van der Waals surface area (Å²) in [7, 11) is -2.85. The predicted molar refractivity (Wildman–Crippen MR) is 86.0 cm³/mol. The molecule has 0 aliphatic carbocycles. The summed E-state index contributed by atoms with van der Waals surface area (Å²) >= 11 is 0. The van der Waals surface area contributed by atoms with Gasteiger partial charge in [0, 0.05) is 12.3 Å². The van der Waals surface area contributed by atoms with E-state index in [1.54, 1.807) is 6.92 Å². The van der Waals surface area contributed by atoms with Gasteiger partial charge in [0.25, 0.3) is 0 Å². The number of hydrogen-bond donors (Lipinski definition) is 1.